The van der Waals surface area contributed by atoms with Gasteiger partial charge in [-0.1, -0.05) is 59.8 Å². The van der Waals surface area contributed by atoms with Crippen LogP contribution in [0.4, 0.5) is 5.69 Å². The zero-order valence-corrected chi connectivity index (χ0v) is 17.1. The SMILES string of the molecule is CN(C)c1ccc(C=CC2=CC(C(C)(C)C)=CC(C(C)(C)C)O2)cc1. The van der Waals surface area contributed by atoms with Crippen LogP contribution in [0.3, 0.4) is 0 Å². The Balaban J connectivity index is 2.25. The van der Waals surface area contributed by atoms with Gasteiger partial charge in [0.05, 0.1) is 0 Å². The maximum absolute atomic E-state index is 6.25. The fraction of sp³-hybridized carbons (Fsp3) is 0.478. The Bertz CT molecular complexity index is 676. The number of anilines is 1. The minimum absolute atomic E-state index is 0.0667. The van der Waals surface area contributed by atoms with Crippen LogP contribution in [0.5, 0.6) is 0 Å². The maximum Gasteiger partial charge on any atom is 0.122 e. The number of ether oxygens (including phenoxy) is 1. The second kappa shape index (κ2) is 7.11. The van der Waals surface area contributed by atoms with E-state index < -0.39 is 0 Å². The molecule has 1 aliphatic rings. The summed E-state index contributed by atoms with van der Waals surface area (Å²) in [4.78, 5) is 2.11. The molecule has 25 heavy (non-hydrogen) atoms. The van der Waals surface area contributed by atoms with Crippen LogP contribution in [0.1, 0.15) is 47.1 Å². The summed E-state index contributed by atoms with van der Waals surface area (Å²) in [5, 5.41) is 0. The summed E-state index contributed by atoms with van der Waals surface area (Å²) in [6, 6.07) is 8.54. The van der Waals surface area contributed by atoms with E-state index in [1.165, 1.54) is 16.8 Å². The van der Waals surface area contributed by atoms with E-state index in [2.05, 4.69) is 109 Å². The Morgan fingerprint density at radius 1 is 0.920 bits per heavy atom. The highest BCUT2D eigenvalue weighted by Gasteiger charge is 2.30. The van der Waals surface area contributed by atoms with Crippen LogP contribution in [-0.4, -0.2) is 20.2 Å². The highest BCUT2D eigenvalue weighted by Crippen LogP contribution is 2.36. The van der Waals surface area contributed by atoms with Gasteiger partial charge in [0.1, 0.15) is 11.9 Å². The third-order valence-corrected chi connectivity index (χ3v) is 4.46. The molecule has 0 fully saturated rings. The molecule has 1 heterocycles. The largest absolute Gasteiger partial charge is 0.486 e. The van der Waals surface area contributed by atoms with E-state index in [-0.39, 0.29) is 16.9 Å². The van der Waals surface area contributed by atoms with Crippen molar-refractivity contribution in [1.82, 2.24) is 0 Å². The number of allylic oxidation sites excluding steroid dienone is 3. The standard InChI is InChI=1S/C23H33NO/c1-22(2,3)18-15-20(25-21(16-18)23(4,5)6)14-11-17-9-12-19(13-10-17)24(7)8/h9-16,21H,1-8H3. The van der Waals surface area contributed by atoms with Crippen LogP contribution in [0, 0.1) is 10.8 Å². The normalized spacial score (nSPS) is 18.6. The van der Waals surface area contributed by atoms with Crippen molar-refractivity contribution in [2.75, 3.05) is 19.0 Å². The van der Waals surface area contributed by atoms with Crippen LogP contribution in [0.25, 0.3) is 6.08 Å². The van der Waals surface area contributed by atoms with Crippen LogP contribution < -0.4 is 4.90 Å². The molecule has 1 aromatic carbocycles. The van der Waals surface area contributed by atoms with Crippen molar-refractivity contribution in [3.63, 3.8) is 0 Å². The van der Waals surface area contributed by atoms with Gasteiger partial charge in [0.2, 0.25) is 0 Å². The third kappa shape index (κ3) is 5.26. The molecule has 0 radical (unpaired) electrons. The van der Waals surface area contributed by atoms with E-state index in [0.29, 0.717) is 0 Å². The lowest BCUT2D eigenvalue weighted by Gasteiger charge is -2.35. The fourth-order valence-corrected chi connectivity index (χ4v) is 2.62. The predicted octanol–water partition coefficient (Wildman–Crippen LogP) is 6.07. The zero-order valence-electron chi connectivity index (χ0n) is 17.1. The van der Waals surface area contributed by atoms with Crippen LogP contribution in [0.2, 0.25) is 0 Å². The van der Waals surface area contributed by atoms with Gasteiger partial charge in [-0.25, -0.2) is 0 Å². The average molecular weight is 340 g/mol. The van der Waals surface area contributed by atoms with Gasteiger partial charge in [-0.15, -0.1) is 0 Å². The first kappa shape index (κ1) is 19.4. The summed E-state index contributed by atoms with van der Waals surface area (Å²) >= 11 is 0. The molecule has 2 heteroatoms. The molecule has 1 unspecified atom stereocenters. The molecule has 0 amide bonds. The molecular weight excluding hydrogens is 306 g/mol. The fourth-order valence-electron chi connectivity index (χ4n) is 2.62. The average Bonchev–Trinajstić information content (AvgIpc) is 2.51. The smallest absolute Gasteiger partial charge is 0.122 e. The molecule has 1 aromatic rings. The maximum atomic E-state index is 6.25. The summed E-state index contributed by atoms with van der Waals surface area (Å²) in [7, 11) is 4.11. The summed E-state index contributed by atoms with van der Waals surface area (Å²) in [5.74, 6) is 0.934. The van der Waals surface area contributed by atoms with Crippen LogP contribution >= 0.6 is 0 Å². The molecule has 0 bridgehead atoms. The number of hydrogen-bond acceptors (Lipinski definition) is 2. The van der Waals surface area contributed by atoms with Crippen molar-refractivity contribution >= 4 is 11.8 Å². The highest BCUT2D eigenvalue weighted by atomic mass is 16.5. The lowest BCUT2D eigenvalue weighted by atomic mass is 9.80. The molecule has 1 atom stereocenters. The molecule has 0 spiro atoms. The molecule has 0 N–H and O–H groups in total. The molecule has 1 aliphatic heterocycles. The van der Waals surface area contributed by atoms with Gasteiger partial charge < -0.3 is 9.64 Å². The Morgan fingerprint density at radius 3 is 2.00 bits per heavy atom. The first-order valence-electron chi connectivity index (χ1n) is 9.03. The summed E-state index contributed by atoms with van der Waals surface area (Å²) < 4.78 is 6.25. The van der Waals surface area contributed by atoms with Crippen LogP contribution in [0.15, 0.2) is 53.8 Å². The van der Waals surface area contributed by atoms with Gasteiger partial charge in [0.25, 0.3) is 0 Å². The van der Waals surface area contributed by atoms with Gasteiger partial charge >= 0.3 is 0 Å². The zero-order chi connectivity index (χ0) is 18.8. The minimum Gasteiger partial charge on any atom is -0.486 e. The van der Waals surface area contributed by atoms with E-state index in [9.17, 15) is 0 Å². The second-order valence-electron chi connectivity index (χ2n) is 9.14. The van der Waals surface area contributed by atoms with Crippen molar-refractivity contribution in [2.45, 2.75) is 47.6 Å². The Kier molecular flexibility index (Phi) is 5.51. The Morgan fingerprint density at radius 2 is 1.52 bits per heavy atom. The summed E-state index contributed by atoms with van der Waals surface area (Å²) in [6.45, 7) is 13.4. The molecule has 0 saturated carbocycles. The molecular formula is C23H33NO. The molecule has 0 aliphatic carbocycles. The first-order chi connectivity index (χ1) is 11.5. The second-order valence-corrected chi connectivity index (χ2v) is 9.14. The van der Waals surface area contributed by atoms with Crippen molar-refractivity contribution in [1.29, 1.82) is 0 Å². The molecule has 2 rings (SSSR count). The lowest BCUT2D eigenvalue weighted by molar-refractivity contribution is 0.0653. The number of hydrogen-bond donors (Lipinski definition) is 0. The lowest BCUT2D eigenvalue weighted by Crippen LogP contribution is -2.30. The summed E-state index contributed by atoms with van der Waals surface area (Å²) in [6.07, 6.45) is 8.75. The topological polar surface area (TPSA) is 12.5 Å². The van der Waals surface area contributed by atoms with Crippen molar-refractivity contribution in [3.05, 3.63) is 59.4 Å². The van der Waals surface area contributed by atoms with E-state index in [4.69, 9.17) is 4.74 Å². The number of nitrogens with zero attached hydrogens (tertiary/aromatic N) is 1. The number of rotatable bonds is 3. The molecule has 0 saturated heterocycles. The Labute approximate surface area is 153 Å². The van der Waals surface area contributed by atoms with Crippen molar-refractivity contribution in [3.8, 4) is 0 Å². The van der Waals surface area contributed by atoms with E-state index in [0.717, 1.165) is 5.76 Å². The third-order valence-electron chi connectivity index (χ3n) is 4.46. The number of benzene rings is 1. The predicted molar refractivity (Wildman–Crippen MR) is 110 cm³/mol. The monoisotopic (exact) mass is 339 g/mol. The van der Waals surface area contributed by atoms with Crippen LogP contribution in [-0.2, 0) is 4.74 Å². The van der Waals surface area contributed by atoms with Gasteiger partial charge in [-0.2, -0.15) is 0 Å². The van der Waals surface area contributed by atoms with E-state index in [1.807, 2.05) is 0 Å². The van der Waals surface area contributed by atoms with Gasteiger partial charge in [-0.3, -0.25) is 0 Å². The van der Waals surface area contributed by atoms with Crippen molar-refractivity contribution < 1.29 is 4.74 Å². The molecule has 136 valence electrons. The van der Waals surface area contributed by atoms with Gasteiger partial charge in [0, 0.05) is 25.2 Å². The van der Waals surface area contributed by atoms with Crippen molar-refractivity contribution in [2.24, 2.45) is 10.8 Å². The quantitative estimate of drug-likeness (QED) is 0.663. The minimum atomic E-state index is 0.0667. The van der Waals surface area contributed by atoms with E-state index in [1.54, 1.807) is 0 Å². The van der Waals surface area contributed by atoms with Gasteiger partial charge in [-0.05, 0) is 46.9 Å². The summed E-state index contributed by atoms with van der Waals surface area (Å²) in [5.41, 5.74) is 3.89. The van der Waals surface area contributed by atoms with Gasteiger partial charge in [0.15, 0.2) is 0 Å². The highest BCUT2D eigenvalue weighted by molar-refractivity contribution is 5.57. The molecule has 0 aromatic heterocycles. The molecule has 2 nitrogen and oxygen atoms in total. The Hall–Kier alpha value is -1.96. The van der Waals surface area contributed by atoms with E-state index >= 15 is 0 Å². The first-order valence-corrected chi connectivity index (χ1v) is 9.03.